The number of terminal acetylenes is 1. The SMILES string of the molecule is C#CCCCOc1c(C)cc(Br)cc1CNC(C)C. The molecule has 0 aliphatic rings. The molecule has 0 fully saturated rings. The zero-order chi connectivity index (χ0) is 14.3. The van der Waals surface area contributed by atoms with Crippen molar-refractivity contribution in [3.05, 3.63) is 27.7 Å². The van der Waals surface area contributed by atoms with E-state index < -0.39 is 0 Å². The number of ether oxygens (including phenoxy) is 1. The molecule has 0 aliphatic carbocycles. The number of nitrogens with one attached hydrogen (secondary N) is 1. The minimum absolute atomic E-state index is 0.452. The lowest BCUT2D eigenvalue weighted by Crippen LogP contribution is -2.22. The summed E-state index contributed by atoms with van der Waals surface area (Å²) in [5.74, 6) is 3.61. The van der Waals surface area contributed by atoms with Crippen LogP contribution in [0.1, 0.15) is 37.8 Å². The van der Waals surface area contributed by atoms with Gasteiger partial charge in [-0.1, -0.05) is 29.8 Å². The summed E-state index contributed by atoms with van der Waals surface area (Å²) < 4.78 is 6.99. The molecule has 0 amide bonds. The number of hydrogen-bond acceptors (Lipinski definition) is 2. The van der Waals surface area contributed by atoms with E-state index in [0.717, 1.165) is 35.2 Å². The molecule has 0 unspecified atom stereocenters. The zero-order valence-corrected chi connectivity index (χ0v) is 13.5. The van der Waals surface area contributed by atoms with E-state index in [9.17, 15) is 0 Å². The van der Waals surface area contributed by atoms with Crippen LogP contribution in [0.4, 0.5) is 0 Å². The molecule has 19 heavy (non-hydrogen) atoms. The Morgan fingerprint density at radius 2 is 2.16 bits per heavy atom. The van der Waals surface area contributed by atoms with Gasteiger partial charge in [-0.05, 0) is 31.0 Å². The third-order valence-electron chi connectivity index (χ3n) is 2.73. The molecule has 0 spiro atoms. The minimum atomic E-state index is 0.452. The summed E-state index contributed by atoms with van der Waals surface area (Å²) in [5.41, 5.74) is 2.33. The van der Waals surface area contributed by atoms with Gasteiger partial charge in [0.15, 0.2) is 0 Å². The van der Waals surface area contributed by atoms with E-state index >= 15 is 0 Å². The number of benzene rings is 1. The van der Waals surface area contributed by atoms with E-state index in [2.05, 4.69) is 60.1 Å². The Hall–Kier alpha value is -0.980. The molecule has 0 bridgehead atoms. The van der Waals surface area contributed by atoms with Crippen molar-refractivity contribution in [1.82, 2.24) is 5.32 Å². The van der Waals surface area contributed by atoms with Crippen molar-refractivity contribution < 1.29 is 4.74 Å². The van der Waals surface area contributed by atoms with Gasteiger partial charge in [0.2, 0.25) is 0 Å². The third-order valence-corrected chi connectivity index (χ3v) is 3.19. The molecule has 1 aromatic carbocycles. The summed E-state index contributed by atoms with van der Waals surface area (Å²) in [5, 5.41) is 3.43. The normalized spacial score (nSPS) is 10.5. The molecule has 0 saturated heterocycles. The molecule has 0 radical (unpaired) electrons. The maximum atomic E-state index is 5.90. The van der Waals surface area contributed by atoms with Crippen LogP contribution in [0.25, 0.3) is 0 Å². The fraction of sp³-hybridized carbons (Fsp3) is 0.500. The van der Waals surface area contributed by atoms with Crippen LogP contribution in [0.5, 0.6) is 5.75 Å². The smallest absolute Gasteiger partial charge is 0.126 e. The first kappa shape index (κ1) is 16.1. The third kappa shape index (κ3) is 5.67. The minimum Gasteiger partial charge on any atom is -0.493 e. The second kappa shape index (κ2) is 8.24. The Labute approximate surface area is 125 Å². The first-order chi connectivity index (χ1) is 9.04. The maximum Gasteiger partial charge on any atom is 0.126 e. The second-order valence-corrected chi connectivity index (χ2v) is 5.82. The van der Waals surface area contributed by atoms with Crippen LogP contribution in [0.3, 0.4) is 0 Å². The van der Waals surface area contributed by atoms with Gasteiger partial charge in [-0.25, -0.2) is 0 Å². The van der Waals surface area contributed by atoms with E-state index in [1.165, 1.54) is 5.56 Å². The van der Waals surface area contributed by atoms with Gasteiger partial charge in [-0.2, -0.15) is 0 Å². The summed E-state index contributed by atoms with van der Waals surface area (Å²) in [4.78, 5) is 0. The van der Waals surface area contributed by atoms with Crippen LogP contribution in [0, 0.1) is 19.3 Å². The lowest BCUT2D eigenvalue weighted by molar-refractivity contribution is 0.306. The van der Waals surface area contributed by atoms with E-state index in [-0.39, 0.29) is 0 Å². The molecule has 0 atom stereocenters. The lowest BCUT2D eigenvalue weighted by Gasteiger charge is -2.16. The van der Waals surface area contributed by atoms with Gasteiger partial charge in [0.1, 0.15) is 5.75 Å². The molecule has 1 rings (SSSR count). The van der Waals surface area contributed by atoms with Crippen molar-refractivity contribution in [1.29, 1.82) is 0 Å². The van der Waals surface area contributed by atoms with Gasteiger partial charge in [-0.3, -0.25) is 0 Å². The Kier molecular flexibility index (Phi) is 6.97. The van der Waals surface area contributed by atoms with Crippen LogP contribution in [-0.4, -0.2) is 12.6 Å². The molecular weight excluding hydrogens is 302 g/mol. The first-order valence-corrected chi connectivity index (χ1v) is 7.42. The summed E-state index contributed by atoms with van der Waals surface area (Å²) in [7, 11) is 0. The van der Waals surface area contributed by atoms with Gasteiger partial charge in [0.05, 0.1) is 6.61 Å². The molecule has 0 saturated carbocycles. The topological polar surface area (TPSA) is 21.3 Å². The van der Waals surface area contributed by atoms with Crippen molar-refractivity contribution in [3.63, 3.8) is 0 Å². The van der Waals surface area contributed by atoms with Gasteiger partial charge in [-0.15, -0.1) is 12.3 Å². The van der Waals surface area contributed by atoms with Gasteiger partial charge in [0.25, 0.3) is 0 Å². The van der Waals surface area contributed by atoms with Crippen LogP contribution < -0.4 is 10.1 Å². The molecule has 0 aromatic heterocycles. The quantitative estimate of drug-likeness (QED) is 0.603. The van der Waals surface area contributed by atoms with E-state index in [0.29, 0.717) is 12.6 Å². The van der Waals surface area contributed by atoms with E-state index in [1.54, 1.807) is 0 Å². The molecule has 3 heteroatoms. The second-order valence-electron chi connectivity index (χ2n) is 4.90. The molecular formula is C16H22BrNO. The predicted molar refractivity (Wildman–Crippen MR) is 84.4 cm³/mol. The summed E-state index contributed by atoms with van der Waals surface area (Å²) >= 11 is 3.54. The molecule has 0 heterocycles. The Morgan fingerprint density at radius 3 is 2.79 bits per heavy atom. The first-order valence-electron chi connectivity index (χ1n) is 6.63. The number of unbranched alkanes of at least 4 members (excludes halogenated alkanes) is 1. The van der Waals surface area contributed by atoms with Gasteiger partial charge < -0.3 is 10.1 Å². The summed E-state index contributed by atoms with van der Waals surface area (Å²) in [6, 6.07) is 4.64. The van der Waals surface area contributed by atoms with Crippen LogP contribution in [-0.2, 0) is 6.54 Å². The average molecular weight is 324 g/mol. The summed E-state index contributed by atoms with van der Waals surface area (Å²) in [6.45, 7) is 7.82. The average Bonchev–Trinajstić information content (AvgIpc) is 2.34. The highest BCUT2D eigenvalue weighted by Crippen LogP contribution is 2.28. The highest BCUT2D eigenvalue weighted by Gasteiger charge is 2.09. The Morgan fingerprint density at radius 1 is 1.42 bits per heavy atom. The molecule has 104 valence electrons. The number of rotatable bonds is 7. The standard InChI is InChI=1S/C16H22BrNO/c1-5-6-7-8-19-16-13(4)9-15(17)10-14(16)11-18-12(2)3/h1,9-10,12,18H,6-8,11H2,2-4H3. The molecule has 0 aliphatic heterocycles. The number of aryl methyl sites for hydroxylation is 1. The Bertz CT molecular complexity index is 449. The van der Waals surface area contributed by atoms with Gasteiger partial charge in [0, 0.05) is 29.0 Å². The molecule has 1 N–H and O–H groups in total. The van der Waals surface area contributed by atoms with Crippen LogP contribution >= 0.6 is 15.9 Å². The highest BCUT2D eigenvalue weighted by molar-refractivity contribution is 9.10. The number of halogens is 1. The summed E-state index contributed by atoms with van der Waals surface area (Å²) in [6.07, 6.45) is 6.90. The Balaban J connectivity index is 2.78. The zero-order valence-electron chi connectivity index (χ0n) is 11.9. The fourth-order valence-electron chi connectivity index (χ4n) is 1.80. The predicted octanol–water partition coefficient (Wildman–Crippen LogP) is 4.05. The van der Waals surface area contributed by atoms with Gasteiger partial charge >= 0.3 is 0 Å². The van der Waals surface area contributed by atoms with Crippen molar-refractivity contribution in [2.24, 2.45) is 0 Å². The molecule has 2 nitrogen and oxygen atoms in total. The number of hydrogen-bond donors (Lipinski definition) is 1. The van der Waals surface area contributed by atoms with Crippen molar-refractivity contribution >= 4 is 15.9 Å². The van der Waals surface area contributed by atoms with Crippen LogP contribution in [0.15, 0.2) is 16.6 Å². The lowest BCUT2D eigenvalue weighted by atomic mass is 10.1. The monoisotopic (exact) mass is 323 g/mol. The van der Waals surface area contributed by atoms with Crippen LogP contribution in [0.2, 0.25) is 0 Å². The maximum absolute atomic E-state index is 5.90. The molecule has 1 aromatic rings. The van der Waals surface area contributed by atoms with Crippen molar-refractivity contribution in [2.45, 2.75) is 46.2 Å². The highest BCUT2D eigenvalue weighted by atomic mass is 79.9. The largest absolute Gasteiger partial charge is 0.493 e. The van der Waals surface area contributed by atoms with Crippen molar-refractivity contribution in [3.8, 4) is 18.1 Å². The van der Waals surface area contributed by atoms with Crippen molar-refractivity contribution in [2.75, 3.05) is 6.61 Å². The fourth-order valence-corrected chi connectivity index (χ4v) is 2.42. The van der Waals surface area contributed by atoms with E-state index in [4.69, 9.17) is 11.2 Å². The van der Waals surface area contributed by atoms with E-state index in [1.807, 2.05) is 0 Å².